The average molecular weight is 178 g/mol. The summed E-state index contributed by atoms with van der Waals surface area (Å²) in [7, 11) is 0. The highest BCUT2D eigenvalue weighted by atomic mass is 16.6. The summed E-state index contributed by atoms with van der Waals surface area (Å²) in [5.74, 6) is -1.11. The van der Waals surface area contributed by atoms with E-state index in [1.165, 1.54) is 0 Å². The number of ether oxygens (including phenoxy) is 1. The smallest absolute Gasteiger partial charge is 0.344 e. The summed E-state index contributed by atoms with van der Waals surface area (Å²) in [5, 5.41) is 35.9. The summed E-state index contributed by atoms with van der Waals surface area (Å²) < 4.78 is 4.29. The van der Waals surface area contributed by atoms with Crippen LogP contribution in [0.15, 0.2) is 0 Å². The average Bonchev–Trinajstić information content (AvgIpc) is 2.32. The molecule has 6 heteroatoms. The van der Waals surface area contributed by atoms with E-state index in [9.17, 15) is 9.90 Å². The quantitative estimate of drug-likeness (QED) is 0.335. The van der Waals surface area contributed by atoms with Crippen LogP contribution >= 0.6 is 0 Å². The Bertz CT molecular complexity index is 192. The molecule has 1 heterocycles. The number of aliphatic hydroxyl groups is 4. The molecule has 1 saturated heterocycles. The Morgan fingerprint density at radius 2 is 2.33 bits per heavy atom. The molecule has 0 aromatic heterocycles. The third-order valence-electron chi connectivity index (χ3n) is 1.89. The van der Waals surface area contributed by atoms with Crippen molar-refractivity contribution in [1.29, 1.82) is 0 Å². The van der Waals surface area contributed by atoms with Gasteiger partial charge in [0.1, 0.15) is 18.8 Å². The first kappa shape index (κ1) is 9.40. The van der Waals surface area contributed by atoms with Crippen LogP contribution < -0.4 is 0 Å². The van der Waals surface area contributed by atoms with Gasteiger partial charge in [-0.3, -0.25) is 0 Å². The summed E-state index contributed by atoms with van der Waals surface area (Å²) in [6, 6.07) is 0. The number of hydrogen-bond acceptors (Lipinski definition) is 6. The molecule has 1 aliphatic rings. The van der Waals surface area contributed by atoms with E-state index in [0.29, 0.717) is 0 Å². The molecule has 0 aromatic carbocycles. The molecule has 12 heavy (non-hydrogen) atoms. The van der Waals surface area contributed by atoms with Crippen LogP contribution in [-0.2, 0) is 9.53 Å². The van der Waals surface area contributed by atoms with Crippen molar-refractivity contribution >= 4 is 5.97 Å². The fraction of sp³-hybridized carbons (Fsp3) is 0.833. The number of esters is 1. The summed E-state index contributed by atoms with van der Waals surface area (Å²) in [4.78, 5) is 10.8. The molecule has 0 spiro atoms. The standard InChI is InChI=1S/C6H10O6/c7-1-3(8)6(11)4(9)2-12-5(6)10/h3-4,7-9,11H,1-2H2. The second kappa shape index (κ2) is 2.98. The fourth-order valence-corrected chi connectivity index (χ4v) is 1.03. The van der Waals surface area contributed by atoms with E-state index in [-0.39, 0.29) is 6.61 Å². The topological polar surface area (TPSA) is 107 Å². The number of carbonyl (C=O) groups excluding carboxylic acids is 1. The summed E-state index contributed by atoms with van der Waals surface area (Å²) in [6.07, 6.45) is -3.21. The fourth-order valence-electron chi connectivity index (χ4n) is 1.03. The molecular weight excluding hydrogens is 168 g/mol. The number of rotatable bonds is 2. The van der Waals surface area contributed by atoms with E-state index in [1.807, 2.05) is 0 Å². The minimum Gasteiger partial charge on any atom is -0.461 e. The molecule has 0 saturated carbocycles. The molecule has 0 aromatic rings. The molecule has 70 valence electrons. The number of cyclic esters (lactones) is 1. The second-order valence-corrected chi connectivity index (χ2v) is 2.64. The summed E-state index contributed by atoms with van der Waals surface area (Å²) in [5.41, 5.74) is -2.38. The lowest BCUT2D eigenvalue weighted by molar-refractivity contribution is -0.174. The molecule has 3 atom stereocenters. The zero-order valence-electron chi connectivity index (χ0n) is 6.17. The van der Waals surface area contributed by atoms with Gasteiger partial charge < -0.3 is 25.2 Å². The highest BCUT2D eigenvalue weighted by Gasteiger charge is 2.55. The van der Waals surface area contributed by atoms with Crippen LogP contribution in [0.25, 0.3) is 0 Å². The van der Waals surface area contributed by atoms with Crippen molar-refractivity contribution in [2.45, 2.75) is 17.8 Å². The van der Waals surface area contributed by atoms with E-state index >= 15 is 0 Å². The predicted molar refractivity (Wildman–Crippen MR) is 35.0 cm³/mol. The van der Waals surface area contributed by atoms with Crippen molar-refractivity contribution < 1.29 is 30.0 Å². The van der Waals surface area contributed by atoms with Crippen LogP contribution in [0.3, 0.4) is 0 Å². The lowest BCUT2D eigenvalue weighted by atomic mass is 9.93. The lowest BCUT2D eigenvalue weighted by Gasteiger charge is -2.25. The zero-order chi connectivity index (χ0) is 9.35. The SMILES string of the molecule is O=C1OCC(O)C1(O)C(O)CO. The van der Waals surface area contributed by atoms with Crippen molar-refractivity contribution in [1.82, 2.24) is 0 Å². The van der Waals surface area contributed by atoms with Gasteiger partial charge >= 0.3 is 5.97 Å². The van der Waals surface area contributed by atoms with Gasteiger partial charge in [0.2, 0.25) is 5.60 Å². The maximum atomic E-state index is 10.8. The first-order valence-corrected chi connectivity index (χ1v) is 3.40. The van der Waals surface area contributed by atoms with Gasteiger partial charge in [-0.05, 0) is 0 Å². The van der Waals surface area contributed by atoms with Crippen molar-refractivity contribution in [2.24, 2.45) is 0 Å². The molecule has 1 rings (SSSR count). The lowest BCUT2D eigenvalue weighted by Crippen LogP contribution is -2.55. The van der Waals surface area contributed by atoms with Gasteiger partial charge in [-0.15, -0.1) is 0 Å². The molecule has 6 nitrogen and oxygen atoms in total. The van der Waals surface area contributed by atoms with E-state index in [0.717, 1.165) is 0 Å². The Labute approximate surface area is 68.0 Å². The minimum absolute atomic E-state index is 0.369. The first-order valence-electron chi connectivity index (χ1n) is 3.40. The Hall–Kier alpha value is -0.690. The minimum atomic E-state index is -2.38. The van der Waals surface area contributed by atoms with Crippen molar-refractivity contribution in [3.63, 3.8) is 0 Å². The molecule has 0 amide bonds. The third-order valence-corrected chi connectivity index (χ3v) is 1.89. The molecule has 1 fully saturated rings. The maximum absolute atomic E-state index is 10.8. The van der Waals surface area contributed by atoms with Gasteiger partial charge in [-0.1, -0.05) is 0 Å². The normalized spacial score (nSPS) is 38.0. The molecular formula is C6H10O6. The van der Waals surface area contributed by atoms with E-state index in [1.54, 1.807) is 0 Å². The van der Waals surface area contributed by atoms with Crippen LogP contribution in [0.2, 0.25) is 0 Å². The Balaban J connectivity index is 2.86. The van der Waals surface area contributed by atoms with Gasteiger partial charge in [0.05, 0.1) is 6.61 Å². The van der Waals surface area contributed by atoms with Crippen LogP contribution in [0.5, 0.6) is 0 Å². The molecule has 0 aliphatic carbocycles. The molecule has 0 radical (unpaired) electrons. The summed E-state index contributed by atoms with van der Waals surface area (Å²) >= 11 is 0. The van der Waals surface area contributed by atoms with Crippen LogP contribution in [0.4, 0.5) is 0 Å². The third kappa shape index (κ3) is 1.09. The zero-order valence-corrected chi connectivity index (χ0v) is 6.17. The van der Waals surface area contributed by atoms with E-state index in [4.69, 9.17) is 15.3 Å². The van der Waals surface area contributed by atoms with Crippen molar-refractivity contribution in [3.8, 4) is 0 Å². The highest BCUT2D eigenvalue weighted by molar-refractivity contribution is 5.83. The number of carbonyl (C=O) groups is 1. The number of aliphatic hydroxyl groups excluding tert-OH is 3. The van der Waals surface area contributed by atoms with Gasteiger partial charge in [0.15, 0.2) is 0 Å². The van der Waals surface area contributed by atoms with Gasteiger partial charge in [-0.2, -0.15) is 0 Å². The van der Waals surface area contributed by atoms with E-state index < -0.39 is 30.4 Å². The molecule has 3 unspecified atom stereocenters. The Morgan fingerprint density at radius 3 is 2.67 bits per heavy atom. The number of hydrogen-bond donors (Lipinski definition) is 4. The van der Waals surface area contributed by atoms with Gasteiger partial charge in [-0.25, -0.2) is 4.79 Å². The Kier molecular flexibility index (Phi) is 2.34. The molecule has 0 bridgehead atoms. The van der Waals surface area contributed by atoms with Gasteiger partial charge in [0.25, 0.3) is 0 Å². The predicted octanol–water partition coefficient (Wildman–Crippen LogP) is -3.01. The maximum Gasteiger partial charge on any atom is 0.344 e. The van der Waals surface area contributed by atoms with E-state index in [2.05, 4.69) is 4.74 Å². The molecule has 1 aliphatic heterocycles. The monoisotopic (exact) mass is 178 g/mol. The van der Waals surface area contributed by atoms with Crippen molar-refractivity contribution in [3.05, 3.63) is 0 Å². The highest BCUT2D eigenvalue weighted by Crippen LogP contribution is 2.24. The molecule has 4 N–H and O–H groups in total. The van der Waals surface area contributed by atoms with Crippen LogP contribution in [0.1, 0.15) is 0 Å². The van der Waals surface area contributed by atoms with Gasteiger partial charge in [0, 0.05) is 0 Å². The Morgan fingerprint density at radius 1 is 1.75 bits per heavy atom. The van der Waals surface area contributed by atoms with Crippen molar-refractivity contribution in [2.75, 3.05) is 13.2 Å². The summed E-state index contributed by atoms with van der Waals surface area (Å²) in [6.45, 7) is -1.19. The second-order valence-electron chi connectivity index (χ2n) is 2.64. The van der Waals surface area contributed by atoms with Crippen LogP contribution in [-0.4, -0.2) is 57.4 Å². The first-order chi connectivity index (χ1) is 5.53. The van der Waals surface area contributed by atoms with Crippen LogP contribution in [0, 0.1) is 0 Å². The largest absolute Gasteiger partial charge is 0.461 e.